The number of rotatable bonds is 5. The van der Waals surface area contributed by atoms with Gasteiger partial charge in [0, 0.05) is 6.54 Å². The van der Waals surface area contributed by atoms with Crippen LogP contribution < -0.4 is 10.6 Å². The summed E-state index contributed by atoms with van der Waals surface area (Å²) < 4.78 is 0. The second-order valence-corrected chi connectivity index (χ2v) is 5.26. The molecule has 1 saturated carbocycles. The number of carboxylic acid groups (broad SMARTS) is 1. The van der Waals surface area contributed by atoms with Gasteiger partial charge in [-0.05, 0) is 43.4 Å². The smallest absolute Gasteiger partial charge is 0.329 e. The Morgan fingerprint density at radius 3 is 2.65 bits per heavy atom. The fourth-order valence-electron chi connectivity index (χ4n) is 2.12. The predicted octanol–water partition coefficient (Wildman–Crippen LogP) is 1.44. The first kappa shape index (κ1) is 14.2. The summed E-state index contributed by atoms with van der Waals surface area (Å²) in [6.07, 6.45) is 1.63. The van der Waals surface area contributed by atoms with Crippen LogP contribution in [0.1, 0.15) is 25.3 Å². The van der Waals surface area contributed by atoms with Crippen molar-refractivity contribution in [1.29, 1.82) is 0 Å². The van der Waals surface area contributed by atoms with Gasteiger partial charge in [0.15, 0.2) is 0 Å². The van der Waals surface area contributed by atoms with E-state index in [4.69, 9.17) is 0 Å². The molecule has 1 aliphatic rings. The number of hydrogen-bond acceptors (Lipinski definition) is 3. The van der Waals surface area contributed by atoms with Gasteiger partial charge in [-0.1, -0.05) is 12.1 Å². The highest BCUT2D eigenvalue weighted by Gasteiger charge is 2.48. The van der Waals surface area contributed by atoms with Gasteiger partial charge in [-0.25, -0.2) is 9.59 Å². The lowest BCUT2D eigenvalue weighted by molar-refractivity contribution is -0.144. The number of aromatic hydroxyl groups is 1. The summed E-state index contributed by atoms with van der Waals surface area (Å²) in [6.45, 7) is 1.75. The normalized spacial score (nSPS) is 17.1. The molecule has 4 N–H and O–H groups in total. The van der Waals surface area contributed by atoms with Crippen molar-refractivity contribution >= 4 is 12.0 Å². The summed E-state index contributed by atoms with van der Waals surface area (Å²) in [4.78, 5) is 23.1. The van der Waals surface area contributed by atoms with Crippen LogP contribution in [0.15, 0.2) is 24.3 Å². The average molecular weight is 278 g/mol. The number of benzene rings is 1. The Morgan fingerprint density at radius 1 is 1.40 bits per heavy atom. The number of amides is 2. The second kappa shape index (κ2) is 5.40. The van der Waals surface area contributed by atoms with Crippen LogP contribution in [0.5, 0.6) is 5.75 Å². The monoisotopic (exact) mass is 278 g/mol. The van der Waals surface area contributed by atoms with Crippen molar-refractivity contribution in [2.24, 2.45) is 5.92 Å². The Hall–Kier alpha value is -2.24. The molecular weight excluding hydrogens is 260 g/mol. The Labute approximate surface area is 116 Å². The highest BCUT2D eigenvalue weighted by molar-refractivity contribution is 5.86. The molecule has 1 atom stereocenters. The Bertz CT molecular complexity index is 528. The third kappa shape index (κ3) is 3.20. The van der Waals surface area contributed by atoms with Gasteiger partial charge in [-0.15, -0.1) is 0 Å². The standard InChI is InChI=1S/C14H18N2O4/c1-14(12(18)19,10-5-6-10)16-13(20)15-8-9-3-2-4-11(17)7-9/h2-4,7,10,17H,5-6,8H2,1H3,(H,18,19)(H2,15,16,20). The van der Waals surface area contributed by atoms with Crippen LogP contribution in [-0.4, -0.2) is 27.8 Å². The zero-order chi connectivity index (χ0) is 14.8. The molecule has 0 saturated heterocycles. The number of carbonyl (C=O) groups is 2. The number of nitrogens with one attached hydrogen (secondary N) is 2. The maximum atomic E-state index is 11.8. The molecule has 2 rings (SSSR count). The topological polar surface area (TPSA) is 98.7 Å². The zero-order valence-electron chi connectivity index (χ0n) is 11.2. The van der Waals surface area contributed by atoms with Crippen molar-refractivity contribution in [3.8, 4) is 5.75 Å². The van der Waals surface area contributed by atoms with Crippen molar-refractivity contribution in [3.05, 3.63) is 29.8 Å². The van der Waals surface area contributed by atoms with E-state index in [-0.39, 0.29) is 18.2 Å². The molecule has 2 amide bonds. The van der Waals surface area contributed by atoms with E-state index in [1.807, 2.05) is 0 Å². The van der Waals surface area contributed by atoms with Gasteiger partial charge in [0.05, 0.1) is 0 Å². The lowest BCUT2D eigenvalue weighted by Gasteiger charge is -2.26. The maximum Gasteiger partial charge on any atom is 0.329 e. The molecule has 1 unspecified atom stereocenters. The summed E-state index contributed by atoms with van der Waals surface area (Å²) in [7, 11) is 0. The van der Waals surface area contributed by atoms with Crippen molar-refractivity contribution in [2.75, 3.05) is 0 Å². The van der Waals surface area contributed by atoms with Gasteiger partial charge < -0.3 is 20.8 Å². The van der Waals surface area contributed by atoms with Gasteiger partial charge in [-0.3, -0.25) is 0 Å². The van der Waals surface area contributed by atoms with Gasteiger partial charge in [0.2, 0.25) is 0 Å². The van der Waals surface area contributed by atoms with E-state index in [9.17, 15) is 19.8 Å². The number of urea groups is 1. The number of phenolic OH excluding ortho intramolecular Hbond substituents is 1. The highest BCUT2D eigenvalue weighted by atomic mass is 16.4. The average Bonchev–Trinajstić information content (AvgIpc) is 3.20. The van der Waals surface area contributed by atoms with Crippen LogP contribution in [0.4, 0.5) is 4.79 Å². The van der Waals surface area contributed by atoms with Gasteiger partial charge in [0.1, 0.15) is 11.3 Å². The minimum atomic E-state index is -1.22. The van der Waals surface area contributed by atoms with Crippen LogP contribution in [0.3, 0.4) is 0 Å². The third-order valence-corrected chi connectivity index (χ3v) is 3.57. The minimum Gasteiger partial charge on any atom is -0.508 e. The molecule has 0 heterocycles. The lowest BCUT2D eigenvalue weighted by Crippen LogP contribution is -2.56. The first-order valence-corrected chi connectivity index (χ1v) is 6.49. The van der Waals surface area contributed by atoms with Crippen LogP contribution >= 0.6 is 0 Å². The second-order valence-electron chi connectivity index (χ2n) is 5.26. The SMILES string of the molecule is CC(NC(=O)NCc1cccc(O)c1)(C(=O)O)C1CC1. The number of carbonyl (C=O) groups excluding carboxylic acids is 1. The molecule has 20 heavy (non-hydrogen) atoms. The molecule has 1 aromatic rings. The van der Waals surface area contributed by atoms with Crippen molar-refractivity contribution in [3.63, 3.8) is 0 Å². The first-order chi connectivity index (χ1) is 9.41. The molecular formula is C14H18N2O4. The van der Waals surface area contributed by atoms with E-state index in [0.717, 1.165) is 18.4 Å². The fraction of sp³-hybridized carbons (Fsp3) is 0.429. The minimum absolute atomic E-state index is 0.00785. The van der Waals surface area contributed by atoms with Crippen LogP contribution in [0, 0.1) is 5.92 Å². The van der Waals surface area contributed by atoms with Crippen molar-refractivity contribution < 1.29 is 19.8 Å². The molecule has 0 spiro atoms. The highest BCUT2D eigenvalue weighted by Crippen LogP contribution is 2.39. The lowest BCUT2D eigenvalue weighted by atomic mass is 9.96. The van der Waals surface area contributed by atoms with E-state index < -0.39 is 17.5 Å². The molecule has 0 aliphatic heterocycles. The molecule has 0 radical (unpaired) electrons. The predicted molar refractivity (Wildman–Crippen MR) is 72.2 cm³/mol. The molecule has 0 aromatic heterocycles. The number of phenols is 1. The third-order valence-electron chi connectivity index (χ3n) is 3.57. The largest absolute Gasteiger partial charge is 0.508 e. The summed E-state index contributed by atoms with van der Waals surface area (Å²) >= 11 is 0. The van der Waals surface area contributed by atoms with Crippen LogP contribution in [0.2, 0.25) is 0 Å². The Kier molecular flexibility index (Phi) is 3.83. The van der Waals surface area contributed by atoms with Crippen molar-refractivity contribution in [2.45, 2.75) is 31.8 Å². The molecule has 6 heteroatoms. The zero-order valence-corrected chi connectivity index (χ0v) is 11.2. The fourth-order valence-corrected chi connectivity index (χ4v) is 2.12. The Morgan fingerprint density at radius 2 is 2.10 bits per heavy atom. The van der Waals surface area contributed by atoms with E-state index in [1.54, 1.807) is 12.1 Å². The van der Waals surface area contributed by atoms with E-state index >= 15 is 0 Å². The first-order valence-electron chi connectivity index (χ1n) is 6.49. The number of aliphatic carboxylic acids is 1. The molecule has 108 valence electrons. The van der Waals surface area contributed by atoms with E-state index in [2.05, 4.69) is 10.6 Å². The number of hydrogen-bond donors (Lipinski definition) is 4. The summed E-state index contributed by atoms with van der Waals surface area (Å²) in [5.74, 6) is -0.905. The van der Waals surface area contributed by atoms with Crippen LogP contribution in [-0.2, 0) is 11.3 Å². The molecule has 0 bridgehead atoms. The van der Waals surface area contributed by atoms with Gasteiger partial charge in [0.25, 0.3) is 0 Å². The van der Waals surface area contributed by atoms with Crippen LogP contribution in [0.25, 0.3) is 0 Å². The van der Waals surface area contributed by atoms with Crippen molar-refractivity contribution in [1.82, 2.24) is 10.6 Å². The molecule has 1 fully saturated rings. The quantitative estimate of drug-likeness (QED) is 0.655. The summed E-state index contributed by atoms with van der Waals surface area (Å²) in [5.41, 5.74) is -0.480. The van der Waals surface area contributed by atoms with Gasteiger partial charge in [-0.2, -0.15) is 0 Å². The van der Waals surface area contributed by atoms with E-state index in [0.29, 0.717) is 0 Å². The number of carboxylic acids is 1. The van der Waals surface area contributed by atoms with Gasteiger partial charge >= 0.3 is 12.0 Å². The molecule has 6 nitrogen and oxygen atoms in total. The van der Waals surface area contributed by atoms with E-state index in [1.165, 1.54) is 19.1 Å². The Balaban J connectivity index is 1.90. The summed E-state index contributed by atoms with van der Waals surface area (Å²) in [5, 5.41) is 23.7. The summed E-state index contributed by atoms with van der Waals surface area (Å²) in [6, 6.07) is 5.99. The maximum absolute atomic E-state index is 11.8. The molecule has 1 aromatic carbocycles. The molecule has 1 aliphatic carbocycles.